The van der Waals surface area contributed by atoms with Gasteiger partial charge in [0.05, 0.1) is 0 Å². The van der Waals surface area contributed by atoms with Gasteiger partial charge in [-0.1, -0.05) is 48.5 Å². The van der Waals surface area contributed by atoms with E-state index in [1.807, 2.05) is 65.2 Å². The molecule has 0 spiro atoms. The Morgan fingerprint density at radius 3 is 2.21 bits per heavy atom. The first kappa shape index (κ1) is 18.7. The summed E-state index contributed by atoms with van der Waals surface area (Å²) in [7, 11) is 0. The standard InChI is InChI=1S/C25H23N3O/c1-2-27(17-20-9-5-3-6-10-20)23-15-13-21(14-16-23)25(29)24-18-28(19-26-24)22-11-7-4-8-12-22/h3-16,18-19H,2,17H2,1H3. The van der Waals surface area contributed by atoms with Crippen molar-refractivity contribution in [3.8, 4) is 5.69 Å². The molecule has 0 saturated heterocycles. The predicted octanol–water partition coefficient (Wildman–Crippen LogP) is 5.13. The van der Waals surface area contributed by atoms with Gasteiger partial charge in [-0.15, -0.1) is 0 Å². The number of ketones is 1. The van der Waals surface area contributed by atoms with Crippen molar-refractivity contribution in [1.82, 2.24) is 9.55 Å². The molecule has 4 rings (SSSR count). The summed E-state index contributed by atoms with van der Waals surface area (Å²) in [6.45, 7) is 3.87. The average Bonchev–Trinajstić information content (AvgIpc) is 3.29. The van der Waals surface area contributed by atoms with E-state index in [1.54, 1.807) is 12.5 Å². The van der Waals surface area contributed by atoms with Crippen molar-refractivity contribution in [2.45, 2.75) is 13.5 Å². The highest BCUT2D eigenvalue weighted by Gasteiger charge is 2.14. The summed E-state index contributed by atoms with van der Waals surface area (Å²) in [5.41, 5.74) is 4.43. The highest BCUT2D eigenvalue weighted by atomic mass is 16.1. The predicted molar refractivity (Wildman–Crippen MR) is 117 cm³/mol. The van der Waals surface area contributed by atoms with Crippen molar-refractivity contribution in [3.05, 3.63) is 114 Å². The summed E-state index contributed by atoms with van der Waals surface area (Å²) < 4.78 is 1.86. The fourth-order valence-corrected chi connectivity index (χ4v) is 3.34. The second kappa shape index (κ2) is 8.57. The van der Waals surface area contributed by atoms with E-state index in [-0.39, 0.29) is 5.78 Å². The molecule has 0 bridgehead atoms. The zero-order chi connectivity index (χ0) is 20.1. The molecule has 0 fully saturated rings. The fourth-order valence-electron chi connectivity index (χ4n) is 3.34. The molecule has 4 nitrogen and oxygen atoms in total. The Balaban J connectivity index is 1.50. The van der Waals surface area contributed by atoms with Gasteiger partial charge in [-0.2, -0.15) is 0 Å². The Morgan fingerprint density at radius 2 is 1.55 bits per heavy atom. The van der Waals surface area contributed by atoms with Gasteiger partial charge in [-0.25, -0.2) is 4.98 Å². The second-order valence-corrected chi connectivity index (χ2v) is 6.88. The van der Waals surface area contributed by atoms with E-state index >= 15 is 0 Å². The Labute approximate surface area is 171 Å². The number of carbonyl (C=O) groups excluding carboxylic acids is 1. The number of carbonyl (C=O) groups is 1. The average molecular weight is 381 g/mol. The van der Waals surface area contributed by atoms with E-state index in [4.69, 9.17) is 0 Å². The Hall–Kier alpha value is -3.66. The SMILES string of the molecule is CCN(Cc1ccccc1)c1ccc(C(=O)c2cn(-c3ccccc3)cn2)cc1. The number of aromatic nitrogens is 2. The van der Waals surface area contributed by atoms with Gasteiger partial charge in [-0.3, -0.25) is 4.79 Å². The Bertz CT molecular complexity index is 1070. The molecule has 0 N–H and O–H groups in total. The lowest BCUT2D eigenvalue weighted by Gasteiger charge is -2.23. The van der Waals surface area contributed by atoms with Crippen LogP contribution < -0.4 is 4.90 Å². The number of benzene rings is 3. The lowest BCUT2D eigenvalue weighted by molar-refractivity contribution is 0.103. The van der Waals surface area contributed by atoms with E-state index in [0.717, 1.165) is 24.5 Å². The molecule has 29 heavy (non-hydrogen) atoms. The number of hydrogen-bond donors (Lipinski definition) is 0. The molecule has 0 aliphatic carbocycles. The number of imidazole rings is 1. The summed E-state index contributed by atoms with van der Waals surface area (Å²) in [6, 6.07) is 28.0. The van der Waals surface area contributed by atoms with Crippen LogP contribution >= 0.6 is 0 Å². The van der Waals surface area contributed by atoms with E-state index < -0.39 is 0 Å². The summed E-state index contributed by atoms with van der Waals surface area (Å²) in [5.74, 6) is -0.0719. The Morgan fingerprint density at radius 1 is 0.897 bits per heavy atom. The minimum atomic E-state index is -0.0719. The smallest absolute Gasteiger partial charge is 0.212 e. The minimum Gasteiger partial charge on any atom is -0.367 e. The van der Waals surface area contributed by atoms with Gasteiger partial charge in [0.25, 0.3) is 0 Å². The highest BCUT2D eigenvalue weighted by Crippen LogP contribution is 2.20. The van der Waals surface area contributed by atoms with Crippen molar-refractivity contribution < 1.29 is 4.79 Å². The molecule has 3 aromatic carbocycles. The molecule has 0 aliphatic rings. The maximum Gasteiger partial charge on any atom is 0.212 e. The number of anilines is 1. The summed E-state index contributed by atoms with van der Waals surface area (Å²) >= 11 is 0. The van der Waals surface area contributed by atoms with Gasteiger partial charge in [0.15, 0.2) is 0 Å². The molecule has 0 atom stereocenters. The molecule has 144 valence electrons. The third-order valence-electron chi connectivity index (χ3n) is 4.96. The van der Waals surface area contributed by atoms with Crippen molar-refractivity contribution in [2.24, 2.45) is 0 Å². The third kappa shape index (κ3) is 4.27. The molecular formula is C25H23N3O. The molecule has 0 amide bonds. The summed E-state index contributed by atoms with van der Waals surface area (Å²) in [4.78, 5) is 19.4. The molecule has 4 heteroatoms. The lowest BCUT2D eigenvalue weighted by Crippen LogP contribution is -2.21. The van der Waals surface area contributed by atoms with E-state index in [2.05, 4.69) is 41.1 Å². The number of hydrogen-bond acceptors (Lipinski definition) is 3. The van der Waals surface area contributed by atoms with Crippen LogP contribution in [0.2, 0.25) is 0 Å². The number of para-hydroxylation sites is 1. The van der Waals surface area contributed by atoms with Crippen LogP contribution in [0.5, 0.6) is 0 Å². The first-order valence-corrected chi connectivity index (χ1v) is 9.77. The zero-order valence-electron chi connectivity index (χ0n) is 16.4. The molecule has 0 radical (unpaired) electrons. The summed E-state index contributed by atoms with van der Waals surface area (Å²) in [5, 5.41) is 0. The van der Waals surface area contributed by atoms with Crippen LogP contribution in [0, 0.1) is 0 Å². The van der Waals surface area contributed by atoms with Crippen LogP contribution in [0.25, 0.3) is 5.69 Å². The molecule has 4 aromatic rings. The highest BCUT2D eigenvalue weighted by molar-refractivity contribution is 6.07. The first-order chi connectivity index (χ1) is 14.2. The van der Waals surface area contributed by atoms with Crippen molar-refractivity contribution in [2.75, 3.05) is 11.4 Å². The van der Waals surface area contributed by atoms with Gasteiger partial charge in [0, 0.05) is 36.2 Å². The fraction of sp³-hybridized carbons (Fsp3) is 0.120. The minimum absolute atomic E-state index is 0.0719. The third-order valence-corrected chi connectivity index (χ3v) is 4.96. The first-order valence-electron chi connectivity index (χ1n) is 9.77. The van der Waals surface area contributed by atoms with Crippen LogP contribution in [0.1, 0.15) is 28.5 Å². The summed E-state index contributed by atoms with van der Waals surface area (Å²) in [6.07, 6.45) is 3.45. The van der Waals surface area contributed by atoms with Crippen LogP contribution in [-0.4, -0.2) is 21.9 Å². The molecule has 0 saturated carbocycles. The van der Waals surface area contributed by atoms with Gasteiger partial charge in [0.1, 0.15) is 12.0 Å². The number of rotatable bonds is 7. The van der Waals surface area contributed by atoms with Crippen LogP contribution in [0.3, 0.4) is 0 Å². The molecule has 1 heterocycles. The quantitative estimate of drug-likeness (QED) is 0.417. The van der Waals surface area contributed by atoms with Gasteiger partial charge >= 0.3 is 0 Å². The lowest BCUT2D eigenvalue weighted by atomic mass is 10.1. The van der Waals surface area contributed by atoms with Crippen molar-refractivity contribution >= 4 is 11.5 Å². The zero-order valence-corrected chi connectivity index (χ0v) is 16.4. The molecular weight excluding hydrogens is 358 g/mol. The topological polar surface area (TPSA) is 38.1 Å². The molecule has 1 aromatic heterocycles. The van der Waals surface area contributed by atoms with Crippen molar-refractivity contribution in [1.29, 1.82) is 0 Å². The maximum absolute atomic E-state index is 12.8. The van der Waals surface area contributed by atoms with Crippen LogP contribution in [0.15, 0.2) is 97.5 Å². The van der Waals surface area contributed by atoms with E-state index in [9.17, 15) is 4.79 Å². The van der Waals surface area contributed by atoms with E-state index in [0.29, 0.717) is 11.3 Å². The monoisotopic (exact) mass is 381 g/mol. The van der Waals surface area contributed by atoms with Gasteiger partial charge in [0.2, 0.25) is 5.78 Å². The van der Waals surface area contributed by atoms with Crippen molar-refractivity contribution in [3.63, 3.8) is 0 Å². The van der Waals surface area contributed by atoms with Gasteiger partial charge < -0.3 is 9.47 Å². The van der Waals surface area contributed by atoms with Crippen LogP contribution in [-0.2, 0) is 6.54 Å². The van der Waals surface area contributed by atoms with Crippen LogP contribution in [0.4, 0.5) is 5.69 Å². The maximum atomic E-state index is 12.8. The molecule has 0 unspecified atom stereocenters. The largest absolute Gasteiger partial charge is 0.367 e. The Kier molecular flexibility index (Phi) is 5.52. The molecule has 0 aliphatic heterocycles. The van der Waals surface area contributed by atoms with Gasteiger partial charge in [-0.05, 0) is 48.9 Å². The normalized spacial score (nSPS) is 10.7. The second-order valence-electron chi connectivity index (χ2n) is 6.88. The van der Waals surface area contributed by atoms with E-state index in [1.165, 1.54) is 5.56 Å². The number of nitrogens with zero attached hydrogens (tertiary/aromatic N) is 3.